The first-order valence-electron chi connectivity index (χ1n) is 5.60. The fraction of sp³-hybridized carbons (Fsp3) is 0. The minimum atomic E-state index is -0.961. The number of anilines is 1. The van der Waals surface area contributed by atoms with E-state index in [1.165, 1.54) is 6.07 Å². The summed E-state index contributed by atoms with van der Waals surface area (Å²) in [7, 11) is 0. The Morgan fingerprint density at radius 1 is 0.944 bits per heavy atom. The first kappa shape index (κ1) is 10.6. The Kier molecular flexibility index (Phi) is 2.20. The van der Waals surface area contributed by atoms with Gasteiger partial charge >= 0.3 is 5.97 Å². The summed E-state index contributed by atoms with van der Waals surface area (Å²) < 4.78 is 0. The standard InChI is InChI=1S/C15H11NO2/c16-14-8-12(15(17)18)6-11-5-9-3-1-2-4-10(9)7-13(11)14/h1-8H,16H2,(H,17,18). The van der Waals surface area contributed by atoms with Gasteiger partial charge in [0, 0.05) is 11.1 Å². The molecule has 0 aromatic heterocycles. The number of carboxylic acids is 1. The maximum atomic E-state index is 11.0. The van der Waals surface area contributed by atoms with Crippen molar-refractivity contribution in [1.29, 1.82) is 0 Å². The van der Waals surface area contributed by atoms with Crippen LogP contribution in [0.1, 0.15) is 10.4 Å². The second kappa shape index (κ2) is 3.74. The Morgan fingerprint density at radius 2 is 1.61 bits per heavy atom. The monoisotopic (exact) mass is 237 g/mol. The predicted molar refractivity (Wildman–Crippen MR) is 72.8 cm³/mol. The van der Waals surface area contributed by atoms with Crippen molar-refractivity contribution in [3.05, 3.63) is 54.1 Å². The molecule has 3 aromatic rings. The molecule has 0 saturated heterocycles. The molecule has 88 valence electrons. The number of benzene rings is 3. The Bertz CT molecular complexity index is 778. The third kappa shape index (κ3) is 1.57. The zero-order valence-electron chi connectivity index (χ0n) is 9.55. The molecule has 0 heterocycles. The number of nitrogen functional groups attached to an aromatic ring is 1. The maximum Gasteiger partial charge on any atom is 0.335 e. The summed E-state index contributed by atoms with van der Waals surface area (Å²) >= 11 is 0. The second-order valence-electron chi connectivity index (χ2n) is 4.29. The number of aromatic carboxylic acids is 1. The highest BCUT2D eigenvalue weighted by atomic mass is 16.4. The molecule has 0 aliphatic heterocycles. The van der Waals surface area contributed by atoms with Gasteiger partial charge in [0.15, 0.2) is 0 Å². The molecule has 0 aliphatic rings. The third-order valence-corrected chi connectivity index (χ3v) is 3.10. The molecule has 3 nitrogen and oxygen atoms in total. The van der Waals surface area contributed by atoms with Crippen molar-refractivity contribution in [1.82, 2.24) is 0 Å². The highest BCUT2D eigenvalue weighted by molar-refractivity contribution is 6.06. The van der Waals surface area contributed by atoms with Crippen molar-refractivity contribution >= 4 is 33.2 Å². The molecule has 18 heavy (non-hydrogen) atoms. The van der Waals surface area contributed by atoms with Crippen LogP contribution in [-0.2, 0) is 0 Å². The second-order valence-corrected chi connectivity index (χ2v) is 4.29. The van der Waals surface area contributed by atoms with Gasteiger partial charge in [0.05, 0.1) is 5.56 Å². The lowest BCUT2D eigenvalue weighted by molar-refractivity contribution is 0.0697. The summed E-state index contributed by atoms with van der Waals surface area (Å²) in [5.41, 5.74) is 6.64. The molecule has 0 fully saturated rings. The average Bonchev–Trinajstić information content (AvgIpc) is 2.36. The van der Waals surface area contributed by atoms with Crippen LogP contribution < -0.4 is 5.73 Å². The van der Waals surface area contributed by atoms with Crippen molar-refractivity contribution < 1.29 is 9.90 Å². The Morgan fingerprint density at radius 3 is 2.28 bits per heavy atom. The number of rotatable bonds is 1. The van der Waals surface area contributed by atoms with Gasteiger partial charge in [-0.15, -0.1) is 0 Å². The van der Waals surface area contributed by atoms with Gasteiger partial charge in [0.1, 0.15) is 0 Å². The molecule has 3 N–H and O–H groups in total. The predicted octanol–water partition coefficient (Wildman–Crippen LogP) is 3.27. The van der Waals surface area contributed by atoms with Crippen LogP contribution in [0.3, 0.4) is 0 Å². The van der Waals surface area contributed by atoms with E-state index in [0.717, 1.165) is 21.5 Å². The molecule has 0 bridgehead atoms. The normalized spacial score (nSPS) is 10.9. The Hall–Kier alpha value is -2.55. The molecule has 0 unspecified atom stereocenters. The lowest BCUT2D eigenvalue weighted by atomic mass is 10.0. The van der Waals surface area contributed by atoms with Crippen LogP contribution in [0, 0.1) is 0 Å². The number of carbonyl (C=O) groups is 1. The molecule has 3 rings (SSSR count). The van der Waals surface area contributed by atoms with Crippen molar-refractivity contribution in [2.75, 3.05) is 5.73 Å². The van der Waals surface area contributed by atoms with Gasteiger partial charge < -0.3 is 10.8 Å². The van der Waals surface area contributed by atoms with E-state index < -0.39 is 5.97 Å². The van der Waals surface area contributed by atoms with Crippen LogP contribution in [0.2, 0.25) is 0 Å². The van der Waals surface area contributed by atoms with Crippen LogP contribution in [-0.4, -0.2) is 11.1 Å². The van der Waals surface area contributed by atoms with Crippen molar-refractivity contribution in [3.8, 4) is 0 Å². The van der Waals surface area contributed by atoms with Crippen molar-refractivity contribution in [2.24, 2.45) is 0 Å². The summed E-state index contributed by atoms with van der Waals surface area (Å²) in [5.74, 6) is -0.961. The SMILES string of the molecule is Nc1cc(C(=O)O)cc2cc3ccccc3cc12. The number of nitrogens with two attached hydrogens (primary N) is 1. The van der Waals surface area contributed by atoms with Crippen LogP contribution in [0.15, 0.2) is 48.5 Å². The van der Waals surface area contributed by atoms with E-state index in [1.54, 1.807) is 6.07 Å². The largest absolute Gasteiger partial charge is 0.478 e. The summed E-state index contributed by atoms with van der Waals surface area (Å²) in [6.07, 6.45) is 0. The average molecular weight is 237 g/mol. The molecular weight excluding hydrogens is 226 g/mol. The molecular formula is C15H11NO2. The fourth-order valence-electron chi connectivity index (χ4n) is 2.21. The van der Waals surface area contributed by atoms with Crippen LogP contribution in [0.25, 0.3) is 21.5 Å². The van der Waals surface area contributed by atoms with Gasteiger partial charge in [-0.1, -0.05) is 24.3 Å². The van der Waals surface area contributed by atoms with Gasteiger partial charge in [0.2, 0.25) is 0 Å². The molecule has 0 amide bonds. The summed E-state index contributed by atoms with van der Waals surface area (Å²) in [6, 6.07) is 15.0. The van der Waals surface area contributed by atoms with E-state index in [4.69, 9.17) is 10.8 Å². The van der Waals surface area contributed by atoms with Crippen molar-refractivity contribution in [3.63, 3.8) is 0 Å². The lowest BCUT2D eigenvalue weighted by Gasteiger charge is -2.06. The van der Waals surface area contributed by atoms with Crippen LogP contribution >= 0.6 is 0 Å². The van der Waals surface area contributed by atoms with Gasteiger partial charge in [0.25, 0.3) is 0 Å². The molecule has 0 aliphatic carbocycles. The number of hydrogen-bond acceptors (Lipinski definition) is 2. The number of hydrogen-bond donors (Lipinski definition) is 2. The summed E-state index contributed by atoms with van der Waals surface area (Å²) in [6.45, 7) is 0. The van der Waals surface area contributed by atoms with E-state index in [0.29, 0.717) is 5.69 Å². The maximum absolute atomic E-state index is 11.0. The van der Waals surface area contributed by atoms with Gasteiger partial charge in [-0.3, -0.25) is 0 Å². The molecule has 0 atom stereocenters. The topological polar surface area (TPSA) is 63.3 Å². The first-order chi connectivity index (χ1) is 8.65. The Balaban J connectivity index is 2.42. The minimum absolute atomic E-state index is 0.218. The highest BCUT2D eigenvalue weighted by Crippen LogP contribution is 2.28. The summed E-state index contributed by atoms with van der Waals surface area (Å²) in [5, 5.41) is 12.9. The smallest absolute Gasteiger partial charge is 0.335 e. The third-order valence-electron chi connectivity index (χ3n) is 3.10. The Labute approximate surface area is 103 Å². The van der Waals surface area contributed by atoms with Crippen LogP contribution in [0.5, 0.6) is 0 Å². The fourth-order valence-corrected chi connectivity index (χ4v) is 2.21. The van der Waals surface area contributed by atoms with E-state index in [2.05, 4.69) is 0 Å². The van der Waals surface area contributed by atoms with Gasteiger partial charge in [-0.2, -0.15) is 0 Å². The van der Waals surface area contributed by atoms with Crippen LogP contribution in [0.4, 0.5) is 5.69 Å². The molecule has 3 heteroatoms. The zero-order chi connectivity index (χ0) is 12.7. The molecule has 0 saturated carbocycles. The quantitative estimate of drug-likeness (QED) is 0.504. The number of carboxylic acid groups (broad SMARTS) is 1. The van der Waals surface area contributed by atoms with E-state index in [-0.39, 0.29) is 5.56 Å². The zero-order valence-corrected chi connectivity index (χ0v) is 9.55. The van der Waals surface area contributed by atoms with E-state index >= 15 is 0 Å². The van der Waals surface area contributed by atoms with E-state index in [1.807, 2.05) is 36.4 Å². The molecule has 3 aromatic carbocycles. The lowest BCUT2D eigenvalue weighted by Crippen LogP contribution is -1.98. The van der Waals surface area contributed by atoms with E-state index in [9.17, 15) is 4.79 Å². The molecule has 0 radical (unpaired) electrons. The minimum Gasteiger partial charge on any atom is -0.478 e. The molecule has 0 spiro atoms. The van der Waals surface area contributed by atoms with Gasteiger partial charge in [-0.25, -0.2) is 4.79 Å². The van der Waals surface area contributed by atoms with Gasteiger partial charge in [-0.05, 0) is 40.4 Å². The van der Waals surface area contributed by atoms with Crippen molar-refractivity contribution in [2.45, 2.75) is 0 Å². The first-order valence-corrected chi connectivity index (χ1v) is 5.60. The highest BCUT2D eigenvalue weighted by Gasteiger charge is 2.08. The number of fused-ring (bicyclic) bond motifs is 2. The summed E-state index contributed by atoms with van der Waals surface area (Å²) in [4.78, 5) is 11.0.